The van der Waals surface area contributed by atoms with Gasteiger partial charge in [-0.2, -0.15) is 0 Å². The molecule has 0 unspecified atom stereocenters. The van der Waals surface area contributed by atoms with Gasteiger partial charge in [-0.3, -0.25) is 0 Å². The number of fused-ring (bicyclic) bond motifs is 1. The molecule has 0 saturated heterocycles. The summed E-state index contributed by atoms with van der Waals surface area (Å²) in [5.41, 5.74) is 2.41. The van der Waals surface area contributed by atoms with E-state index in [4.69, 9.17) is 0 Å². The summed E-state index contributed by atoms with van der Waals surface area (Å²) in [6, 6.07) is 1.93. The smallest absolute Gasteiger partial charge is 0.178 e. The molecule has 16 heavy (non-hydrogen) atoms. The molecule has 0 saturated carbocycles. The van der Waals surface area contributed by atoms with Crippen molar-refractivity contribution in [3.8, 4) is 11.4 Å². The van der Waals surface area contributed by atoms with Crippen LogP contribution in [0.25, 0.3) is 22.6 Å². The highest BCUT2D eigenvalue weighted by atomic mass is 79.9. The van der Waals surface area contributed by atoms with Crippen LogP contribution < -0.4 is 0 Å². The van der Waals surface area contributed by atoms with Gasteiger partial charge in [0, 0.05) is 23.1 Å². The Bertz CT molecular complexity index is 634. The highest BCUT2D eigenvalue weighted by Gasteiger charge is 2.06. The number of rotatable bonds is 1. The van der Waals surface area contributed by atoms with Gasteiger partial charge in [0.15, 0.2) is 5.65 Å². The maximum atomic E-state index is 4.36. The Labute approximate surface area is 99.1 Å². The molecule has 0 amide bonds. The molecule has 0 aliphatic rings. The first kappa shape index (κ1) is 9.41. The summed E-state index contributed by atoms with van der Waals surface area (Å²) in [6.07, 6.45) is 6.62. The van der Waals surface area contributed by atoms with E-state index >= 15 is 0 Å². The normalized spacial score (nSPS) is 10.8. The molecule has 0 aliphatic heterocycles. The van der Waals surface area contributed by atoms with Crippen LogP contribution in [0.1, 0.15) is 0 Å². The van der Waals surface area contributed by atoms with Crippen molar-refractivity contribution in [3.63, 3.8) is 0 Å². The van der Waals surface area contributed by atoms with Gasteiger partial charge in [0.05, 0.1) is 11.1 Å². The van der Waals surface area contributed by atoms with E-state index < -0.39 is 0 Å². The van der Waals surface area contributed by atoms with Crippen molar-refractivity contribution in [2.24, 2.45) is 0 Å². The van der Waals surface area contributed by atoms with Crippen molar-refractivity contribution in [3.05, 3.63) is 35.5 Å². The van der Waals surface area contributed by atoms with Crippen LogP contribution in [0.2, 0.25) is 0 Å². The number of hydrogen-bond acceptors (Lipinski definition) is 4. The molecular formula is C10H6BrN5. The maximum Gasteiger partial charge on any atom is 0.178 e. The number of aromatic nitrogens is 5. The standard InChI is InChI=1S/C10H6BrN5/c11-7-1-8-10(14-4-7)16-9(15-8)6-2-12-5-13-3-6/h1-5H,(H,14,15,16). The molecule has 1 N–H and O–H groups in total. The van der Waals surface area contributed by atoms with E-state index in [1.165, 1.54) is 6.33 Å². The highest BCUT2D eigenvalue weighted by molar-refractivity contribution is 9.10. The van der Waals surface area contributed by atoms with Gasteiger partial charge in [-0.1, -0.05) is 0 Å². The first-order valence-electron chi connectivity index (χ1n) is 4.59. The van der Waals surface area contributed by atoms with Crippen molar-refractivity contribution in [2.75, 3.05) is 0 Å². The van der Waals surface area contributed by atoms with E-state index in [2.05, 4.69) is 40.8 Å². The summed E-state index contributed by atoms with van der Waals surface area (Å²) < 4.78 is 0.916. The minimum absolute atomic E-state index is 0.682. The second kappa shape index (κ2) is 3.64. The van der Waals surface area contributed by atoms with Crippen molar-refractivity contribution in [1.82, 2.24) is 24.9 Å². The predicted molar refractivity (Wildman–Crippen MR) is 62.6 cm³/mol. The summed E-state index contributed by atoms with van der Waals surface area (Å²) in [7, 11) is 0. The van der Waals surface area contributed by atoms with Crippen LogP contribution in [0.15, 0.2) is 35.5 Å². The summed E-state index contributed by atoms with van der Waals surface area (Å²) >= 11 is 3.36. The highest BCUT2D eigenvalue weighted by Crippen LogP contribution is 2.19. The average Bonchev–Trinajstić information content (AvgIpc) is 2.73. The number of halogens is 1. The zero-order valence-electron chi connectivity index (χ0n) is 8.05. The van der Waals surface area contributed by atoms with Crippen molar-refractivity contribution >= 4 is 27.1 Å². The Hall–Kier alpha value is -1.82. The fraction of sp³-hybridized carbons (Fsp3) is 0. The van der Waals surface area contributed by atoms with E-state index in [0.717, 1.165) is 21.4 Å². The van der Waals surface area contributed by atoms with Crippen LogP contribution >= 0.6 is 15.9 Å². The van der Waals surface area contributed by atoms with Crippen molar-refractivity contribution in [2.45, 2.75) is 0 Å². The quantitative estimate of drug-likeness (QED) is 0.739. The maximum absolute atomic E-state index is 4.36. The van der Waals surface area contributed by atoms with Gasteiger partial charge in [-0.15, -0.1) is 0 Å². The van der Waals surface area contributed by atoms with Crippen LogP contribution in [-0.4, -0.2) is 24.9 Å². The number of pyridine rings is 1. The Morgan fingerprint density at radius 1 is 1.12 bits per heavy atom. The monoisotopic (exact) mass is 275 g/mol. The second-order valence-corrected chi connectivity index (χ2v) is 4.15. The van der Waals surface area contributed by atoms with E-state index in [-0.39, 0.29) is 0 Å². The molecule has 3 aromatic heterocycles. The zero-order valence-corrected chi connectivity index (χ0v) is 9.64. The lowest BCUT2D eigenvalue weighted by Crippen LogP contribution is -1.83. The number of hydrogen-bond donors (Lipinski definition) is 1. The third-order valence-electron chi connectivity index (χ3n) is 2.14. The first-order chi connectivity index (χ1) is 7.83. The van der Waals surface area contributed by atoms with E-state index in [9.17, 15) is 0 Å². The van der Waals surface area contributed by atoms with Crippen LogP contribution in [0.5, 0.6) is 0 Å². The number of aromatic amines is 1. The first-order valence-corrected chi connectivity index (χ1v) is 5.39. The SMILES string of the molecule is Brc1cnc2nc(-c3cncnc3)[nH]c2c1. The fourth-order valence-electron chi connectivity index (χ4n) is 1.43. The molecule has 3 aromatic rings. The van der Waals surface area contributed by atoms with Gasteiger partial charge in [0.25, 0.3) is 0 Å². The lowest BCUT2D eigenvalue weighted by molar-refractivity contribution is 1.15. The summed E-state index contributed by atoms with van der Waals surface area (Å²) in [4.78, 5) is 19.6. The van der Waals surface area contributed by atoms with Crippen molar-refractivity contribution < 1.29 is 0 Å². The third kappa shape index (κ3) is 1.57. The number of H-pyrrole nitrogens is 1. The molecule has 78 valence electrons. The average molecular weight is 276 g/mol. The summed E-state index contributed by atoms with van der Waals surface area (Å²) in [5, 5.41) is 0. The van der Waals surface area contributed by atoms with Crippen LogP contribution in [0.4, 0.5) is 0 Å². The van der Waals surface area contributed by atoms with Gasteiger partial charge in [0.2, 0.25) is 0 Å². The Morgan fingerprint density at radius 2 is 1.94 bits per heavy atom. The number of nitrogens with one attached hydrogen (secondary N) is 1. The topological polar surface area (TPSA) is 67.3 Å². The molecule has 0 aromatic carbocycles. The fourth-order valence-corrected chi connectivity index (χ4v) is 1.76. The molecule has 0 bridgehead atoms. The van der Waals surface area contributed by atoms with E-state index in [0.29, 0.717) is 5.65 Å². The minimum Gasteiger partial charge on any atom is -0.336 e. The minimum atomic E-state index is 0.682. The van der Waals surface area contributed by atoms with Gasteiger partial charge in [-0.05, 0) is 22.0 Å². The molecule has 0 spiro atoms. The second-order valence-electron chi connectivity index (χ2n) is 3.24. The lowest BCUT2D eigenvalue weighted by atomic mass is 10.3. The summed E-state index contributed by atoms with van der Waals surface area (Å²) in [5.74, 6) is 0.723. The lowest BCUT2D eigenvalue weighted by Gasteiger charge is -1.91. The van der Waals surface area contributed by atoms with E-state index in [1.54, 1.807) is 18.6 Å². The summed E-state index contributed by atoms with van der Waals surface area (Å²) in [6.45, 7) is 0. The van der Waals surface area contributed by atoms with Crippen LogP contribution in [-0.2, 0) is 0 Å². The molecule has 0 fully saturated rings. The predicted octanol–water partition coefficient (Wildman–Crippen LogP) is 2.18. The van der Waals surface area contributed by atoms with E-state index in [1.807, 2.05) is 6.07 Å². The van der Waals surface area contributed by atoms with Crippen molar-refractivity contribution in [1.29, 1.82) is 0 Å². The number of imidazole rings is 1. The molecule has 0 radical (unpaired) electrons. The zero-order chi connectivity index (χ0) is 11.0. The Kier molecular flexibility index (Phi) is 2.14. The Balaban J connectivity index is 2.19. The molecule has 6 heteroatoms. The van der Waals surface area contributed by atoms with Gasteiger partial charge < -0.3 is 4.98 Å². The molecule has 3 heterocycles. The Morgan fingerprint density at radius 3 is 2.75 bits per heavy atom. The largest absolute Gasteiger partial charge is 0.336 e. The molecule has 3 rings (SSSR count). The van der Waals surface area contributed by atoms with Gasteiger partial charge in [0.1, 0.15) is 12.2 Å². The van der Waals surface area contributed by atoms with Gasteiger partial charge >= 0.3 is 0 Å². The molecule has 0 atom stereocenters. The molecular weight excluding hydrogens is 270 g/mol. The third-order valence-corrected chi connectivity index (χ3v) is 2.57. The molecule has 5 nitrogen and oxygen atoms in total. The van der Waals surface area contributed by atoms with Crippen LogP contribution in [0.3, 0.4) is 0 Å². The molecule has 0 aliphatic carbocycles. The van der Waals surface area contributed by atoms with Crippen LogP contribution in [0, 0.1) is 0 Å². The number of nitrogens with zero attached hydrogens (tertiary/aromatic N) is 4. The van der Waals surface area contributed by atoms with Gasteiger partial charge in [-0.25, -0.2) is 19.9 Å².